The molecule has 1 saturated carbocycles. The van der Waals surface area contributed by atoms with Gasteiger partial charge < -0.3 is 0 Å². The summed E-state index contributed by atoms with van der Waals surface area (Å²) < 4.78 is 0. The van der Waals surface area contributed by atoms with Gasteiger partial charge in [0.2, 0.25) is 0 Å². The summed E-state index contributed by atoms with van der Waals surface area (Å²) in [6.07, 6.45) is 0.812. The molecule has 0 bridgehead atoms. The predicted molar refractivity (Wildman–Crippen MR) is 45.7 cm³/mol. The second kappa shape index (κ2) is 2.70. The standard InChI is InChI=1S/C8H11BrO2/c1-8(2)6(11)4-3-5(10)7(8)9/h7H,3-4H2,1-2H3. The third-order valence-electron chi connectivity index (χ3n) is 2.23. The molecule has 0 N–H and O–H groups in total. The van der Waals surface area contributed by atoms with E-state index in [1.54, 1.807) is 0 Å². The number of halogens is 1. The van der Waals surface area contributed by atoms with Gasteiger partial charge in [0.15, 0.2) is 0 Å². The van der Waals surface area contributed by atoms with Crippen molar-refractivity contribution >= 4 is 27.5 Å². The molecule has 0 aromatic carbocycles. The molecule has 0 aliphatic heterocycles. The van der Waals surface area contributed by atoms with Crippen molar-refractivity contribution in [1.29, 1.82) is 0 Å². The molecule has 1 aliphatic rings. The van der Waals surface area contributed by atoms with E-state index in [0.29, 0.717) is 12.8 Å². The summed E-state index contributed by atoms with van der Waals surface area (Å²) in [5.74, 6) is 0.327. The molecule has 0 aromatic heterocycles. The lowest BCUT2D eigenvalue weighted by molar-refractivity contribution is -0.136. The molecule has 0 aromatic rings. The Morgan fingerprint density at radius 1 is 1.36 bits per heavy atom. The third-order valence-corrected chi connectivity index (χ3v) is 3.89. The number of alkyl halides is 1. The zero-order valence-electron chi connectivity index (χ0n) is 6.69. The Hall–Kier alpha value is -0.180. The summed E-state index contributed by atoms with van der Waals surface area (Å²) in [6.45, 7) is 3.62. The van der Waals surface area contributed by atoms with E-state index < -0.39 is 5.41 Å². The number of rotatable bonds is 0. The summed E-state index contributed by atoms with van der Waals surface area (Å²) in [7, 11) is 0. The fraction of sp³-hybridized carbons (Fsp3) is 0.750. The maximum atomic E-state index is 11.3. The Morgan fingerprint density at radius 3 is 2.36 bits per heavy atom. The highest BCUT2D eigenvalue weighted by Gasteiger charge is 2.42. The van der Waals surface area contributed by atoms with Crippen LogP contribution >= 0.6 is 15.9 Å². The van der Waals surface area contributed by atoms with Crippen LogP contribution < -0.4 is 0 Å². The highest BCUT2D eigenvalue weighted by Crippen LogP contribution is 2.35. The van der Waals surface area contributed by atoms with E-state index in [9.17, 15) is 9.59 Å². The monoisotopic (exact) mass is 218 g/mol. The minimum Gasteiger partial charge on any atom is -0.299 e. The molecule has 1 rings (SSSR count). The predicted octanol–water partition coefficient (Wildman–Crippen LogP) is 1.71. The molecule has 0 spiro atoms. The molecule has 0 heterocycles. The van der Waals surface area contributed by atoms with Crippen LogP contribution in [0.2, 0.25) is 0 Å². The van der Waals surface area contributed by atoms with Crippen molar-refractivity contribution in [3.05, 3.63) is 0 Å². The van der Waals surface area contributed by atoms with Crippen LogP contribution in [0.3, 0.4) is 0 Å². The Labute approximate surface area is 74.5 Å². The van der Waals surface area contributed by atoms with Crippen molar-refractivity contribution in [1.82, 2.24) is 0 Å². The van der Waals surface area contributed by atoms with E-state index in [1.807, 2.05) is 13.8 Å². The van der Waals surface area contributed by atoms with Crippen LogP contribution in [0.4, 0.5) is 0 Å². The molecule has 1 atom stereocenters. The van der Waals surface area contributed by atoms with Crippen LogP contribution in [-0.2, 0) is 9.59 Å². The summed E-state index contributed by atoms with van der Waals surface area (Å²) in [5.41, 5.74) is -0.505. The first-order valence-corrected chi connectivity index (χ1v) is 4.58. The maximum absolute atomic E-state index is 11.3. The maximum Gasteiger partial charge on any atom is 0.147 e. The molecule has 3 heteroatoms. The van der Waals surface area contributed by atoms with Crippen molar-refractivity contribution in [2.75, 3.05) is 0 Å². The van der Waals surface area contributed by atoms with Crippen molar-refractivity contribution < 1.29 is 9.59 Å². The van der Waals surface area contributed by atoms with Gasteiger partial charge in [0.1, 0.15) is 11.6 Å². The summed E-state index contributed by atoms with van der Waals surface area (Å²) in [4.78, 5) is 22.2. The topological polar surface area (TPSA) is 34.1 Å². The van der Waals surface area contributed by atoms with Gasteiger partial charge in [-0.25, -0.2) is 0 Å². The normalized spacial score (nSPS) is 30.6. The molecule has 0 saturated heterocycles. The zero-order chi connectivity index (χ0) is 8.65. The number of ketones is 2. The van der Waals surface area contributed by atoms with E-state index in [1.165, 1.54) is 0 Å². The lowest BCUT2D eigenvalue weighted by atomic mass is 9.76. The fourth-order valence-corrected chi connectivity index (χ4v) is 1.71. The average Bonchev–Trinajstić information content (AvgIpc) is 1.95. The van der Waals surface area contributed by atoms with Crippen molar-refractivity contribution in [2.24, 2.45) is 5.41 Å². The number of carbonyl (C=O) groups excluding carboxylic acids is 2. The molecular formula is C8H11BrO2. The van der Waals surface area contributed by atoms with Gasteiger partial charge in [-0.3, -0.25) is 9.59 Å². The number of hydrogen-bond acceptors (Lipinski definition) is 2. The molecule has 0 radical (unpaired) electrons. The van der Waals surface area contributed by atoms with Crippen molar-refractivity contribution in [3.63, 3.8) is 0 Å². The van der Waals surface area contributed by atoms with Gasteiger partial charge in [0.25, 0.3) is 0 Å². The highest BCUT2D eigenvalue weighted by atomic mass is 79.9. The van der Waals surface area contributed by atoms with Crippen molar-refractivity contribution in [3.8, 4) is 0 Å². The molecule has 62 valence electrons. The van der Waals surface area contributed by atoms with Gasteiger partial charge in [-0.05, 0) is 0 Å². The van der Waals surface area contributed by atoms with Crippen LogP contribution in [0.5, 0.6) is 0 Å². The van der Waals surface area contributed by atoms with Gasteiger partial charge in [-0.15, -0.1) is 0 Å². The average molecular weight is 219 g/mol. The van der Waals surface area contributed by atoms with Crippen molar-refractivity contribution in [2.45, 2.75) is 31.5 Å². The van der Waals surface area contributed by atoms with Gasteiger partial charge in [0.05, 0.1) is 4.83 Å². The van der Waals surface area contributed by atoms with Crippen LogP contribution in [0.15, 0.2) is 0 Å². The highest BCUT2D eigenvalue weighted by molar-refractivity contribution is 9.10. The Balaban J connectivity index is 2.89. The van der Waals surface area contributed by atoms with E-state index in [2.05, 4.69) is 15.9 Å². The summed E-state index contributed by atoms with van der Waals surface area (Å²) in [5, 5.41) is 0. The lowest BCUT2D eigenvalue weighted by Gasteiger charge is -2.31. The van der Waals surface area contributed by atoms with Crippen LogP contribution in [-0.4, -0.2) is 16.4 Å². The molecule has 11 heavy (non-hydrogen) atoms. The fourth-order valence-electron chi connectivity index (χ4n) is 1.23. The summed E-state index contributed by atoms with van der Waals surface area (Å²) in [6, 6.07) is 0. The lowest BCUT2D eigenvalue weighted by Crippen LogP contribution is -2.43. The largest absolute Gasteiger partial charge is 0.299 e. The number of Topliss-reactive ketones (excluding diaryl/α,β-unsaturated/α-hetero) is 2. The first kappa shape index (κ1) is 8.91. The van der Waals surface area contributed by atoms with Gasteiger partial charge in [-0.1, -0.05) is 29.8 Å². The van der Waals surface area contributed by atoms with Crippen LogP contribution in [0.1, 0.15) is 26.7 Å². The smallest absolute Gasteiger partial charge is 0.147 e. The molecule has 1 fully saturated rings. The van der Waals surface area contributed by atoms with Crippen LogP contribution in [0, 0.1) is 5.41 Å². The van der Waals surface area contributed by atoms with Gasteiger partial charge >= 0.3 is 0 Å². The first-order chi connectivity index (χ1) is 4.96. The molecule has 0 amide bonds. The third kappa shape index (κ3) is 1.39. The SMILES string of the molecule is CC1(C)C(=O)CCC(=O)C1Br. The quantitative estimate of drug-likeness (QED) is 0.581. The Morgan fingerprint density at radius 2 is 1.91 bits per heavy atom. The number of carbonyl (C=O) groups is 2. The molecule has 1 aliphatic carbocycles. The van der Waals surface area contributed by atoms with E-state index in [0.717, 1.165) is 0 Å². The molecule has 2 nitrogen and oxygen atoms in total. The Bertz CT molecular complexity index is 208. The van der Waals surface area contributed by atoms with Crippen LogP contribution in [0.25, 0.3) is 0 Å². The zero-order valence-corrected chi connectivity index (χ0v) is 8.27. The van der Waals surface area contributed by atoms with E-state index in [-0.39, 0.29) is 16.4 Å². The van der Waals surface area contributed by atoms with E-state index >= 15 is 0 Å². The Kier molecular flexibility index (Phi) is 2.19. The summed E-state index contributed by atoms with van der Waals surface area (Å²) >= 11 is 3.25. The second-order valence-electron chi connectivity index (χ2n) is 3.47. The molecular weight excluding hydrogens is 208 g/mol. The minimum atomic E-state index is -0.505. The van der Waals surface area contributed by atoms with Gasteiger partial charge in [0, 0.05) is 18.3 Å². The second-order valence-corrected chi connectivity index (χ2v) is 4.39. The minimum absolute atomic E-state index is 0.148. The molecule has 1 unspecified atom stereocenters. The van der Waals surface area contributed by atoms with Gasteiger partial charge in [-0.2, -0.15) is 0 Å². The first-order valence-electron chi connectivity index (χ1n) is 3.66. The van der Waals surface area contributed by atoms with E-state index in [4.69, 9.17) is 0 Å². The number of hydrogen-bond donors (Lipinski definition) is 0.